The molecule has 2 aliphatic rings. The predicted octanol–water partition coefficient (Wildman–Crippen LogP) is 0.624. The molecule has 5 nitrogen and oxygen atoms in total. The van der Waals surface area contributed by atoms with Crippen LogP contribution < -0.4 is 5.73 Å². The molecule has 3 unspecified atom stereocenters. The smallest absolute Gasteiger partial charge is 0.243 e. The quantitative estimate of drug-likeness (QED) is 0.744. The first kappa shape index (κ1) is 14.8. The molecule has 0 aromatic rings. The molecule has 1 amide bonds. The molecule has 1 saturated heterocycles. The van der Waals surface area contributed by atoms with E-state index in [1.54, 1.807) is 11.9 Å². The van der Waals surface area contributed by atoms with Crippen LogP contribution in [0.5, 0.6) is 0 Å². The Labute approximate surface area is 115 Å². The largest absolute Gasteiger partial charge is 0.380 e. The maximum atomic E-state index is 12.7. The Morgan fingerprint density at radius 3 is 2.84 bits per heavy atom. The molecule has 1 heterocycles. The van der Waals surface area contributed by atoms with Gasteiger partial charge in [-0.1, -0.05) is 13.8 Å². The van der Waals surface area contributed by atoms with E-state index >= 15 is 0 Å². The van der Waals surface area contributed by atoms with E-state index in [2.05, 4.69) is 0 Å². The van der Waals surface area contributed by atoms with E-state index in [1.165, 1.54) is 0 Å². The lowest BCUT2D eigenvalue weighted by atomic mass is 9.47. The molecule has 0 aromatic carbocycles. The number of carbonyl (C=O) groups is 1. The van der Waals surface area contributed by atoms with Crippen LogP contribution in [0, 0.1) is 11.3 Å². The van der Waals surface area contributed by atoms with E-state index in [0.717, 1.165) is 6.42 Å². The SMILES string of the molecule is CCOCCN(C)C(=O)C1(N)C2CCOC2C1(C)C. The van der Waals surface area contributed by atoms with Crippen molar-refractivity contribution < 1.29 is 14.3 Å². The molecule has 110 valence electrons. The van der Waals surface area contributed by atoms with E-state index < -0.39 is 5.54 Å². The first-order valence-electron chi connectivity index (χ1n) is 7.11. The highest BCUT2D eigenvalue weighted by Crippen LogP contribution is 2.58. The number of hydrogen-bond donors (Lipinski definition) is 1. The molecule has 0 aromatic heterocycles. The van der Waals surface area contributed by atoms with Crippen LogP contribution in [-0.4, -0.2) is 55.9 Å². The maximum absolute atomic E-state index is 12.7. The summed E-state index contributed by atoms with van der Waals surface area (Å²) in [6.07, 6.45) is 1.01. The third-order valence-corrected chi connectivity index (χ3v) is 4.93. The molecule has 0 spiro atoms. The minimum absolute atomic E-state index is 0.0175. The highest BCUT2D eigenvalue weighted by Gasteiger charge is 2.71. The molecule has 1 aliphatic carbocycles. The van der Waals surface area contributed by atoms with E-state index in [4.69, 9.17) is 15.2 Å². The van der Waals surface area contributed by atoms with Crippen molar-refractivity contribution in [1.29, 1.82) is 0 Å². The molecule has 1 saturated carbocycles. The third-order valence-electron chi connectivity index (χ3n) is 4.93. The Kier molecular flexibility index (Phi) is 3.91. The minimum atomic E-state index is -0.796. The molecule has 3 atom stereocenters. The van der Waals surface area contributed by atoms with Crippen molar-refractivity contribution in [2.75, 3.05) is 33.4 Å². The van der Waals surface area contributed by atoms with Crippen molar-refractivity contribution in [2.45, 2.75) is 38.8 Å². The second-order valence-corrected chi connectivity index (χ2v) is 6.20. The van der Waals surface area contributed by atoms with E-state index in [-0.39, 0.29) is 23.3 Å². The third kappa shape index (κ3) is 1.99. The Morgan fingerprint density at radius 1 is 1.53 bits per heavy atom. The van der Waals surface area contributed by atoms with Crippen LogP contribution in [0.1, 0.15) is 27.2 Å². The van der Waals surface area contributed by atoms with Crippen LogP contribution >= 0.6 is 0 Å². The average Bonchev–Trinajstić information content (AvgIpc) is 2.85. The van der Waals surface area contributed by atoms with E-state index in [9.17, 15) is 4.79 Å². The van der Waals surface area contributed by atoms with Gasteiger partial charge in [0.25, 0.3) is 0 Å². The summed E-state index contributed by atoms with van der Waals surface area (Å²) in [4.78, 5) is 14.4. The molecule has 1 aliphatic heterocycles. The molecule has 2 N–H and O–H groups in total. The lowest BCUT2D eigenvalue weighted by Crippen LogP contribution is -2.80. The first-order chi connectivity index (χ1) is 8.87. The van der Waals surface area contributed by atoms with Crippen molar-refractivity contribution in [2.24, 2.45) is 17.1 Å². The standard InChI is InChI=1S/C14H26N2O3/c1-5-18-9-7-16(4)12(17)14(15)10-6-8-19-11(10)13(14,2)3/h10-11H,5-9,15H2,1-4H3. The summed E-state index contributed by atoms with van der Waals surface area (Å²) in [5.74, 6) is 0.175. The van der Waals surface area contributed by atoms with Gasteiger partial charge in [-0.15, -0.1) is 0 Å². The number of ether oxygens (including phenoxy) is 2. The van der Waals surface area contributed by atoms with Crippen molar-refractivity contribution in [3.05, 3.63) is 0 Å². The van der Waals surface area contributed by atoms with E-state index in [1.807, 2.05) is 20.8 Å². The minimum Gasteiger partial charge on any atom is -0.380 e. The number of amides is 1. The van der Waals surface area contributed by atoms with Crippen molar-refractivity contribution in [3.63, 3.8) is 0 Å². The Morgan fingerprint density at radius 2 is 2.21 bits per heavy atom. The number of rotatable bonds is 5. The molecule has 0 bridgehead atoms. The number of likely N-dealkylation sites (N-methyl/N-ethyl adjacent to an activating group) is 1. The van der Waals surface area contributed by atoms with Gasteiger partial charge in [-0.05, 0) is 13.3 Å². The van der Waals surface area contributed by atoms with Crippen molar-refractivity contribution >= 4 is 5.91 Å². The summed E-state index contributed by atoms with van der Waals surface area (Å²) in [7, 11) is 1.80. The lowest BCUT2D eigenvalue weighted by Gasteiger charge is -2.61. The maximum Gasteiger partial charge on any atom is 0.243 e. The van der Waals surface area contributed by atoms with Gasteiger partial charge >= 0.3 is 0 Å². The summed E-state index contributed by atoms with van der Waals surface area (Å²) in [6, 6.07) is 0. The van der Waals surface area contributed by atoms with Crippen LogP contribution in [0.2, 0.25) is 0 Å². The number of fused-ring (bicyclic) bond motifs is 1. The number of nitrogens with two attached hydrogens (primary N) is 1. The lowest BCUT2D eigenvalue weighted by molar-refractivity contribution is -0.183. The second-order valence-electron chi connectivity index (χ2n) is 6.20. The van der Waals surface area contributed by atoms with Gasteiger partial charge < -0.3 is 20.1 Å². The number of carbonyl (C=O) groups excluding carboxylic acids is 1. The van der Waals surface area contributed by atoms with Gasteiger partial charge in [0.15, 0.2) is 0 Å². The summed E-state index contributed by atoms with van der Waals surface area (Å²) in [5, 5.41) is 0. The molecular formula is C14H26N2O3. The molecule has 5 heteroatoms. The topological polar surface area (TPSA) is 64.8 Å². The van der Waals surface area contributed by atoms with Crippen LogP contribution in [0.25, 0.3) is 0 Å². The fraction of sp³-hybridized carbons (Fsp3) is 0.929. The Balaban J connectivity index is 2.05. The Hall–Kier alpha value is -0.650. The fourth-order valence-corrected chi connectivity index (χ4v) is 3.58. The van der Waals surface area contributed by atoms with Gasteiger partial charge in [0.1, 0.15) is 5.54 Å². The predicted molar refractivity (Wildman–Crippen MR) is 72.7 cm³/mol. The van der Waals surface area contributed by atoms with Gasteiger partial charge in [0, 0.05) is 38.1 Å². The normalized spacial score (nSPS) is 35.6. The summed E-state index contributed by atoms with van der Waals surface area (Å²) in [6.45, 7) is 8.54. The Bertz CT molecular complexity index is 359. The zero-order chi connectivity index (χ0) is 14.3. The zero-order valence-electron chi connectivity index (χ0n) is 12.4. The van der Waals surface area contributed by atoms with Gasteiger partial charge in [0.2, 0.25) is 5.91 Å². The van der Waals surface area contributed by atoms with Gasteiger partial charge in [-0.2, -0.15) is 0 Å². The summed E-state index contributed by atoms with van der Waals surface area (Å²) >= 11 is 0. The molecular weight excluding hydrogens is 244 g/mol. The van der Waals surface area contributed by atoms with Gasteiger partial charge in [-0.3, -0.25) is 4.79 Å². The first-order valence-corrected chi connectivity index (χ1v) is 7.11. The van der Waals surface area contributed by atoms with Crippen LogP contribution in [0.3, 0.4) is 0 Å². The number of nitrogens with zero attached hydrogens (tertiary/aromatic N) is 1. The van der Waals surface area contributed by atoms with Gasteiger partial charge in [0.05, 0.1) is 12.7 Å². The monoisotopic (exact) mass is 270 g/mol. The summed E-state index contributed by atoms with van der Waals surface area (Å²) in [5.41, 5.74) is 5.41. The van der Waals surface area contributed by atoms with Crippen LogP contribution in [-0.2, 0) is 14.3 Å². The zero-order valence-corrected chi connectivity index (χ0v) is 12.4. The van der Waals surface area contributed by atoms with Gasteiger partial charge in [-0.25, -0.2) is 0 Å². The highest BCUT2D eigenvalue weighted by molar-refractivity contribution is 5.89. The molecule has 19 heavy (non-hydrogen) atoms. The van der Waals surface area contributed by atoms with Crippen molar-refractivity contribution in [1.82, 2.24) is 4.90 Å². The number of hydrogen-bond acceptors (Lipinski definition) is 4. The van der Waals surface area contributed by atoms with Crippen LogP contribution in [0.4, 0.5) is 0 Å². The highest BCUT2D eigenvalue weighted by atomic mass is 16.5. The molecule has 2 rings (SSSR count). The van der Waals surface area contributed by atoms with Crippen LogP contribution in [0.15, 0.2) is 0 Å². The fourth-order valence-electron chi connectivity index (χ4n) is 3.58. The molecule has 2 fully saturated rings. The molecule has 0 radical (unpaired) electrons. The average molecular weight is 270 g/mol. The van der Waals surface area contributed by atoms with E-state index in [0.29, 0.717) is 26.4 Å². The van der Waals surface area contributed by atoms with Crippen molar-refractivity contribution in [3.8, 4) is 0 Å². The summed E-state index contributed by atoms with van der Waals surface area (Å²) < 4.78 is 11.0. The second kappa shape index (κ2) is 5.04.